The Morgan fingerprint density at radius 3 is 2.43 bits per heavy atom. The van der Waals surface area contributed by atoms with Gasteiger partial charge in [0.05, 0.1) is 27.8 Å². The molecule has 1 heterocycles. The molecular weight excluding hydrogens is 384 g/mol. The van der Waals surface area contributed by atoms with Gasteiger partial charge in [0, 0.05) is 19.2 Å². The van der Waals surface area contributed by atoms with E-state index in [1.807, 2.05) is 55.9 Å². The fraction of sp³-hybridized carbons (Fsp3) is 0.227. The molecule has 0 unspecified atom stereocenters. The van der Waals surface area contributed by atoms with Gasteiger partial charge in [-0.1, -0.05) is 60.8 Å². The number of hydrogen-bond donors (Lipinski definition) is 1. The van der Waals surface area contributed by atoms with E-state index in [1.165, 1.54) is 0 Å². The van der Waals surface area contributed by atoms with Crippen LogP contribution in [0.1, 0.15) is 29.4 Å². The van der Waals surface area contributed by atoms with Crippen LogP contribution in [0.2, 0.25) is 0 Å². The number of hydrogen-bond acceptors (Lipinski definition) is 3. The lowest BCUT2D eigenvalue weighted by Gasteiger charge is -2.24. The third-order valence-electron chi connectivity index (χ3n) is 4.66. The molecule has 28 heavy (non-hydrogen) atoms. The molecule has 0 aliphatic carbocycles. The molecule has 0 aliphatic rings. The third kappa shape index (κ3) is 4.13. The Bertz CT molecular complexity index is 1010. The number of nitrogens with zero attached hydrogens (tertiary/aromatic N) is 3. The topological polar surface area (TPSA) is 33.1 Å². The second-order valence-electron chi connectivity index (χ2n) is 6.65. The van der Waals surface area contributed by atoms with Crippen LogP contribution in [0, 0.1) is 13.8 Å². The van der Waals surface area contributed by atoms with E-state index < -0.39 is 0 Å². The Labute approximate surface area is 177 Å². The average molecular weight is 409 g/mol. The standard InChI is InChI=1S/C22H24N4S2/c1-15-21(16(2)26(24-15)20-11-6-5-7-12-20)25(17(3)27)14-18-9-8-10-19(13-18)22(28)23-4/h5-13H,14H2,1-4H3,(H,23,28). The first-order chi connectivity index (χ1) is 13.4. The van der Waals surface area contributed by atoms with Crippen molar-refractivity contribution in [3.8, 4) is 5.69 Å². The van der Waals surface area contributed by atoms with E-state index in [0.29, 0.717) is 6.54 Å². The van der Waals surface area contributed by atoms with E-state index in [2.05, 4.69) is 41.4 Å². The van der Waals surface area contributed by atoms with Crippen LogP contribution < -0.4 is 10.2 Å². The van der Waals surface area contributed by atoms with Crippen LogP contribution >= 0.6 is 24.4 Å². The van der Waals surface area contributed by atoms with Crippen molar-refractivity contribution in [2.75, 3.05) is 11.9 Å². The minimum Gasteiger partial charge on any atom is -0.379 e. The zero-order valence-corrected chi connectivity index (χ0v) is 18.2. The summed E-state index contributed by atoms with van der Waals surface area (Å²) in [4.78, 5) is 3.69. The molecule has 2 aromatic carbocycles. The van der Waals surface area contributed by atoms with Gasteiger partial charge in [0.1, 0.15) is 4.99 Å². The molecule has 0 atom stereocenters. The molecule has 3 aromatic rings. The van der Waals surface area contributed by atoms with Crippen molar-refractivity contribution in [3.05, 3.63) is 77.1 Å². The summed E-state index contributed by atoms with van der Waals surface area (Å²) in [6, 6.07) is 18.4. The molecule has 0 fully saturated rings. The first-order valence-corrected chi connectivity index (χ1v) is 9.94. The molecule has 144 valence electrons. The maximum atomic E-state index is 5.60. The highest BCUT2D eigenvalue weighted by Gasteiger charge is 2.20. The number of nitrogens with one attached hydrogen (secondary N) is 1. The number of para-hydroxylation sites is 1. The summed E-state index contributed by atoms with van der Waals surface area (Å²) in [5.74, 6) is 0. The second kappa shape index (κ2) is 8.63. The minimum absolute atomic E-state index is 0.664. The van der Waals surface area contributed by atoms with Crippen LogP contribution in [0.15, 0.2) is 54.6 Å². The van der Waals surface area contributed by atoms with Crippen LogP contribution in [0.5, 0.6) is 0 Å². The van der Waals surface area contributed by atoms with E-state index in [4.69, 9.17) is 29.5 Å². The minimum atomic E-state index is 0.664. The third-order valence-corrected chi connectivity index (χ3v) is 5.32. The van der Waals surface area contributed by atoms with Gasteiger partial charge in [0.25, 0.3) is 0 Å². The monoisotopic (exact) mass is 408 g/mol. The number of rotatable bonds is 5. The first-order valence-electron chi connectivity index (χ1n) is 9.13. The highest BCUT2D eigenvalue weighted by molar-refractivity contribution is 7.80. The molecule has 4 nitrogen and oxygen atoms in total. The fourth-order valence-electron chi connectivity index (χ4n) is 3.33. The van der Waals surface area contributed by atoms with Gasteiger partial charge in [0.15, 0.2) is 0 Å². The highest BCUT2D eigenvalue weighted by Crippen LogP contribution is 2.29. The van der Waals surface area contributed by atoms with Crippen LogP contribution in [-0.2, 0) is 6.54 Å². The summed E-state index contributed by atoms with van der Waals surface area (Å²) in [7, 11) is 1.84. The number of benzene rings is 2. The lowest BCUT2D eigenvalue weighted by atomic mass is 10.1. The maximum Gasteiger partial charge on any atom is 0.106 e. The van der Waals surface area contributed by atoms with Crippen LogP contribution in [-0.4, -0.2) is 26.8 Å². The predicted octanol–water partition coefficient (Wildman–Crippen LogP) is 4.74. The average Bonchev–Trinajstić information content (AvgIpc) is 3.00. The molecule has 0 amide bonds. The zero-order valence-electron chi connectivity index (χ0n) is 16.6. The van der Waals surface area contributed by atoms with Crippen LogP contribution in [0.4, 0.5) is 5.69 Å². The van der Waals surface area contributed by atoms with Crippen molar-refractivity contribution in [3.63, 3.8) is 0 Å². The van der Waals surface area contributed by atoms with Gasteiger partial charge in [-0.25, -0.2) is 4.68 Å². The van der Waals surface area contributed by atoms with E-state index >= 15 is 0 Å². The van der Waals surface area contributed by atoms with Crippen molar-refractivity contribution in [2.24, 2.45) is 0 Å². The maximum absolute atomic E-state index is 5.60. The molecule has 3 rings (SSSR count). The van der Waals surface area contributed by atoms with Gasteiger partial charge in [-0.05, 0) is 44.5 Å². The summed E-state index contributed by atoms with van der Waals surface area (Å²) >= 11 is 11.0. The lowest BCUT2D eigenvalue weighted by Crippen LogP contribution is -2.28. The summed E-state index contributed by atoms with van der Waals surface area (Å²) in [5, 5.41) is 7.80. The van der Waals surface area contributed by atoms with Gasteiger partial charge in [-0.15, -0.1) is 0 Å². The Morgan fingerprint density at radius 2 is 1.79 bits per heavy atom. The van der Waals surface area contributed by atoms with Crippen molar-refractivity contribution in [2.45, 2.75) is 27.3 Å². The van der Waals surface area contributed by atoms with E-state index in [9.17, 15) is 0 Å². The van der Waals surface area contributed by atoms with Crippen molar-refractivity contribution in [1.82, 2.24) is 15.1 Å². The largest absolute Gasteiger partial charge is 0.379 e. The molecular formula is C22H24N4S2. The molecule has 6 heteroatoms. The van der Waals surface area contributed by atoms with Crippen molar-refractivity contribution in [1.29, 1.82) is 0 Å². The molecule has 0 spiro atoms. The van der Waals surface area contributed by atoms with Gasteiger partial charge in [0.2, 0.25) is 0 Å². The Morgan fingerprint density at radius 1 is 1.07 bits per heavy atom. The highest BCUT2D eigenvalue weighted by atomic mass is 32.1. The molecule has 1 N–H and O–H groups in total. The number of aromatic nitrogens is 2. The smallest absolute Gasteiger partial charge is 0.106 e. The normalized spacial score (nSPS) is 10.6. The second-order valence-corrected chi connectivity index (χ2v) is 7.65. The summed E-state index contributed by atoms with van der Waals surface area (Å²) < 4.78 is 1.97. The molecule has 1 aromatic heterocycles. The lowest BCUT2D eigenvalue weighted by molar-refractivity contribution is 0.833. The summed E-state index contributed by atoms with van der Waals surface area (Å²) in [6.45, 7) is 6.73. The zero-order chi connectivity index (χ0) is 20.3. The van der Waals surface area contributed by atoms with Gasteiger partial charge in [-0.2, -0.15) is 5.10 Å². The summed E-state index contributed by atoms with van der Waals surface area (Å²) in [5.41, 5.74) is 6.26. The molecule has 0 radical (unpaired) electrons. The van der Waals surface area contributed by atoms with Gasteiger partial charge >= 0.3 is 0 Å². The summed E-state index contributed by atoms with van der Waals surface area (Å²) in [6.07, 6.45) is 0. The first kappa shape index (κ1) is 20.2. The molecule has 0 aliphatic heterocycles. The van der Waals surface area contributed by atoms with E-state index in [1.54, 1.807) is 0 Å². The molecule has 0 saturated carbocycles. The number of aryl methyl sites for hydroxylation is 1. The van der Waals surface area contributed by atoms with Crippen LogP contribution in [0.3, 0.4) is 0 Å². The fourth-order valence-corrected chi connectivity index (χ4v) is 3.61. The van der Waals surface area contributed by atoms with Crippen LogP contribution in [0.25, 0.3) is 5.69 Å². The number of anilines is 1. The van der Waals surface area contributed by atoms with Crippen molar-refractivity contribution < 1.29 is 0 Å². The Hall–Kier alpha value is -2.57. The SMILES string of the molecule is CNC(=S)c1cccc(CN(C(C)=S)c2c(C)nn(-c3ccccc3)c2C)c1. The van der Waals surface area contributed by atoms with E-state index in [-0.39, 0.29) is 0 Å². The molecule has 0 saturated heterocycles. The van der Waals surface area contributed by atoms with Crippen molar-refractivity contribution >= 4 is 40.1 Å². The van der Waals surface area contributed by atoms with E-state index in [0.717, 1.165) is 43.9 Å². The number of thiocarbonyl (C=S) groups is 2. The van der Waals surface area contributed by atoms with Gasteiger partial charge in [-0.3, -0.25) is 0 Å². The van der Waals surface area contributed by atoms with Gasteiger partial charge < -0.3 is 10.2 Å². The Balaban J connectivity index is 1.99. The Kier molecular flexibility index (Phi) is 6.21. The predicted molar refractivity (Wildman–Crippen MR) is 125 cm³/mol. The molecule has 0 bridgehead atoms. The quantitative estimate of drug-likeness (QED) is 0.617.